The van der Waals surface area contributed by atoms with Gasteiger partial charge in [-0.05, 0) is 49.9 Å². The second-order valence-corrected chi connectivity index (χ2v) is 4.75. The summed E-state index contributed by atoms with van der Waals surface area (Å²) in [4.78, 5) is 0. The molecular formula is C15H26N2. The molecule has 0 radical (unpaired) electrons. The second-order valence-electron chi connectivity index (χ2n) is 4.75. The fourth-order valence-corrected chi connectivity index (χ4v) is 2.09. The average Bonchev–Trinajstić information content (AvgIpc) is 2.39. The van der Waals surface area contributed by atoms with Crippen molar-refractivity contribution in [3.63, 3.8) is 0 Å². The van der Waals surface area contributed by atoms with Crippen LogP contribution < -0.4 is 11.1 Å². The lowest BCUT2D eigenvalue weighted by atomic mass is 9.95. The van der Waals surface area contributed by atoms with E-state index in [0.29, 0.717) is 12.0 Å². The Balaban J connectivity index is 2.70. The van der Waals surface area contributed by atoms with Crippen LogP contribution in [0, 0.1) is 0 Å². The summed E-state index contributed by atoms with van der Waals surface area (Å²) in [5.74, 6) is 0.654. The van der Waals surface area contributed by atoms with Crippen LogP contribution in [-0.4, -0.2) is 13.6 Å². The summed E-state index contributed by atoms with van der Waals surface area (Å²) in [5, 5.41) is 3.36. The summed E-state index contributed by atoms with van der Waals surface area (Å²) in [6, 6.07) is 9.45. The van der Waals surface area contributed by atoms with Crippen molar-refractivity contribution in [2.75, 3.05) is 13.6 Å². The van der Waals surface area contributed by atoms with E-state index in [4.69, 9.17) is 5.73 Å². The molecule has 0 aliphatic heterocycles. The Morgan fingerprint density at radius 2 is 1.76 bits per heavy atom. The largest absolute Gasteiger partial charge is 0.330 e. The highest BCUT2D eigenvalue weighted by Gasteiger charge is 2.09. The van der Waals surface area contributed by atoms with Crippen molar-refractivity contribution < 1.29 is 0 Å². The van der Waals surface area contributed by atoms with Crippen molar-refractivity contribution in [3.8, 4) is 0 Å². The van der Waals surface area contributed by atoms with Gasteiger partial charge in [0, 0.05) is 6.04 Å². The van der Waals surface area contributed by atoms with Crippen LogP contribution in [0.15, 0.2) is 24.3 Å². The molecule has 17 heavy (non-hydrogen) atoms. The Morgan fingerprint density at radius 1 is 1.18 bits per heavy atom. The number of rotatable bonds is 7. The first-order chi connectivity index (χ1) is 8.22. The van der Waals surface area contributed by atoms with Crippen LogP contribution in [0.2, 0.25) is 0 Å². The Labute approximate surface area is 106 Å². The molecule has 0 aliphatic carbocycles. The third kappa shape index (κ3) is 4.14. The Morgan fingerprint density at radius 3 is 2.24 bits per heavy atom. The van der Waals surface area contributed by atoms with Gasteiger partial charge in [-0.15, -0.1) is 0 Å². The molecule has 0 saturated heterocycles. The molecule has 2 unspecified atom stereocenters. The fourth-order valence-electron chi connectivity index (χ4n) is 2.09. The van der Waals surface area contributed by atoms with Crippen LogP contribution >= 0.6 is 0 Å². The lowest BCUT2D eigenvalue weighted by Gasteiger charge is -2.17. The monoisotopic (exact) mass is 234 g/mol. The molecule has 1 aromatic rings. The van der Waals surface area contributed by atoms with Gasteiger partial charge in [0.25, 0.3) is 0 Å². The number of nitrogens with one attached hydrogen (secondary N) is 1. The van der Waals surface area contributed by atoms with Crippen LogP contribution in [0.5, 0.6) is 0 Å². The smallest absolute Gasteiger partial charge is 0.0317 e. The molecule has 2 nitrogen and oxygen atoms in total. The minimum Gasteiger partial charge on any atom is -0.330 e. The summed E-state index contributed by atoms with van der Waals surface area (Å²) >= 11 is 0. The normalized spacial score (nSPS) is 14.6. The van der Waals surface area contributed by atoms with Crippen LogP contribution in [0.25, 0.3) is 0 Å². The lowest BCUT2D eigenvalue weighted by molar-refractivity contribution is 0.531. The minimum atomic E-state index is 0.435. The zero-order chi connectivity index (χ0) is 12.7. The molecule has 0 amide bonds. The topological polar surface area (TPSA) is 38.0 Å². The minimum absolute atomic E-state index is 0.435. The Hall–Kier alpha value is -0.860. The molecule has 2 atom stereocenters. The van der Waals surface area contributed by atoms with Gasteiger partial charge in [-0.2, -0.15) is 0 Å². The molecule has 0 bridgehead atoms. The maximum absolute atomic E-state index is 5.56. The van der Waals surface area contributed by atoms with Gasteiger partial charge in [0.15, 0.2) is 0 Å². The van der Waals surface area contributed by atoms with Crippen LogP contribution in [-0.2, 0) is 0 Å². The van der Waals surface area contributed by atoms with Gasteiger partial charge in [-0.3, -0.25) is 0 Å². The predicted molar refractivity (Wildman–Crippen MR) is 75.2 cm³/mol. The quantitative estimate of drug-likeness (QED) is 0.760. The highest BCUT2D eigenvalue weighted by molar-refractivity contribution is 5.27. The fraction of sp³-hybridized carbons (Fsp3) is 0.600. The molecule has 1 aromatic carbocycles. The van der Waals surface area contributed by atoms with Gasteiger partial charge >= 0.3 is 0 Å². The molecule has 0 saturated carbocycles. The first kappa shape index (κ1) is 14.2. The van der Waals surface area contributed by atoms with Gasteiger partial charge < -0.3 is 11.1 Å². The van der Waals surface area contributed by atoms with Crippen molar-refractivity contribution in [2.24, 2.45) is 5.73 Å². The average molecular weight is 234 g/mol. The molecule has 3 N–H and O–H groups in total. The second kappa shape index (κ2) is 7.46. The van der Waals surface area contributed by atoms with E-state index in [2.05, 4.69) is 43.4 Å². The van der Waals surface area contributed by atoms with Crippen LogP contribution in [0.4, 0.5) is 0 Å². The number of benzene rings is 1. The molecule has 0 aromatic heterocycles. The number of nitrogens with two attached hydrogens (primary N) is 1. The van der Waals surface area contributed by atoms with E-state index in [1.807, 2.05) is 7.05 Å². The molecule has 0 aliphatic rings. The molecule has 0 heterocycles. The molecule has 1 rings (SSSR count). The van der Waals surface area contributed by atoms with Crippen molar-refractivity contribution in [1.29, 1.82) is 0 Å². The summed E-state index contributed by atoms with van der Waals surface area (Å²) < 4.78 is 0. The Kier molecular flexibility index (Phi) is 6.23. The van der Waals surface area contributed by atoms with E-state index in [1.54, 1.807) is 0 Å². The SMILES string of the molecule is CCC(C)c1ccc(C(CCCN)NC)cc1. The zero-order valence-corrected chi connectivity index (χ0v) is 11.4. The van der Waals surface area contributed by atoms with Gasteiger partial charge in [-0.1, -0.05) is 38.1 Å². The van der Waals surface area contributed by atoms with Crippen molar-refractivity contribution in [2.45, 2.75) is 45.1 Å². The third-order valence-corrected chi connectivity index (χ3v) is 3.57. The molecule has 96 valence electrons. The van der Waals surface area contributed by atoms with Gasteiger partial charge in [0.05, 0.1) is 0 Å². The highest BCUT2D eigenvalue weighted by atomic mass is 14.9. The summed E-state index contributed by atoms with van der Waals surface area (Å²) in [6.45, 7) is 5.28. The zero-order valence-electron chi connectivity index (χ0n) is 11.4. The molecule has 0 spiro atoms. The van der Waals surface area contributed by atoms with Crippen molar-refractivity contribution in [1.82, 2.24) is 5.32 Å². The molecular weight excluding hydrogens is 208 g/mol. The number of hydrogen-bond donors (Lipinski definition) is 2. The number of hydrogen-bond acceptors (Lipinski definition) is 2. The van der Waals surface area contributed by atoms with E-state index in [9.17, 15) is 0 Å². The van der Waals surface area contributed by atoms with Crippen LogP contribution in [0.3, 0.4) is 0 Å². The van der Waals surface area contributed by atoms with Gasteiger partial charge in [0.2, 0.25) is 0 Å². The third-order valence-electron chi connectivity index (χ3n) is 3.57. The maximum atomic E-state index is 5.56. The van der Waals surface area contributed by atoms with E-state index in [-0.39, 0.29) is 0 Å². The predicted octanol–water partition coefficient (Wildman–Crippen LogP) is 3.20. The van der Waals surface area contributed by atoms with Crippen LogP contribution in [0.1, 0.15) is 56.2 Å². The van der Waals surface area contributed by atoms with Crippen molar-refractivity contribution >= 4 is 0 Å². The summed E-state index contributed by atoms with van der Waals surface area (Å²) in [5.41, 5.74) is 8.37. The van der Waals surface area contributed by atoms with E-state index in [0.717, 1.165) is 19.4 Å². The first-order valence-corrected chi connectivity index (χ1v) is 6.70. The first-order valence-electron chi connectivity index (χ1n) is 6.70. The van der Waals surface area contributed by atoms with E-state index in [1.165, 1.54) is 17.5 Å². The Bertz CT molecular complexity index is 305. The molecule has 0 fully saturated rings. The van der Waals surface area contributed by atoms with E-state index >= 15 is 0 Å². The summed E-state index contributed by atoms with van der Waals surface area (Å²) in [6.07, 6.45) is 3.37. The standard InChI is InChI=1S/C15H26N2/c1-4-12(2)13-7-9-14(10-8-13)15(17-3)6-5-11-16/h7-10,12,15,17H,4-6,11,16H2,1-3H3. The van der Waals surface area contributed by atoms with Gasteiger partial charge in [0.1, 0.15) is 0 Å². The summed E-state index contributed by atoms with van der Waals surface area (Å²) in [7, 11) is 2.02. The van der Waals surface area contributed by atoms with E-state index < -0.39 is 0 Å². The lowest BCUT2D eigenvalue weighted by Crippen LogP contribution is -2.17. The maximum Gasteiger partial charge on any atom is 0.0317 e. The van der Waals surface area contributed by atoms with Gasteiger partial charge in [-0.25, -0.2) is 0 Å². The van der Waals surface area contributed by atoms with Crippen molar-refractivity contribution in [3.05, 3.63) is 35.4 Å². The molecule has 2 heteroatoms. The highest BCUT2D eigenvalue weighted by Crippen LogP contribution is 2.23.